The molecule has 4 rings (SSSR count). The van der Waals surface area contributed by atoms with E-state index in [0.29, 0.717) is 51.0 Å². The molecule has 1 aromatic heterocycles. The topological polar surface area (TPSA) is 158 Å². The quantitative estimate of drug-likeness (QED) is 0.0789. The van der Waals surface area contributed by atoms with Crippen LogP contribution in [0.5, 0.6) is 0 Å². The molecule has 236 valence electrons. The minimum atomic E-state index is -4.42. The Morgan fingerprint density at radius 2 is 1.58 bits per heavy atom. The number of hydrogen-bond acceptors (Lipinski definition) is 7. The van der Waals surface area contributed by atoms with Crippen LogP contribution in [0.25, 0.3) is 11.3 Å². The van der Waals surface area contributed by atoms with E-state index in [-0.39, 0.29) is 25.2 Å². The van der Waals surface area contributed by atoms with Gasteiger partial charge in [-0.3, -0.25) is 29.0 Å². The first-order chi connectivity index (χ1) is 21.5. The molecule has 0 saturated carbocycles. The average Bonchev–Trinajstić information content (AvgIpc) is 3.42. The summed E-state index contributed by atoms with van der Waals surface area (Å²) in [5.41, 5.74) is 2.79. The third kappa shape index (κ3) is 8.61. The number of thiazole rings is 1. The molecule has 0 fully saturated rings. The number of anilines is 2. The smallest absolute Gasteiger partial charge is 0.326 e. The number of amides is 3. The molecule has 0 spiro atoms. The zero-order chi connectivity index (χ0) is 32.6. The van der Waals surface area contributed by atoms with Crippen LogP contribution in [0.15, 0.2) is 78.9 Å². The summed E-state index contributed by atoms with van der Waals surface area (Å²) < 4.78 is 14.8. The van der Waals surface area contributed by atoms with E-state index in [4.69, 9.17) is 11.6 Å². The van der Waals surface area contributed by atoms with Crippen LogP contribution in [0, 0.1) is 0 Å². The van der Waals surface area contributed by atoms with Gasteiger partial charge in [-0.1, -0.05) is 67.9 Å². The maximum absolute atomic E-state index is 12.9. The van der Waals surface area contributed by atoms with E-state index < -0.39 is 23.9 Å². The molecule has 0 radical (unpaired) electrons. The van der Waals surface area contributed by atoms with Gasteiger partial charge in [0.2, 0.25) is 5.91 Å². The molecule has 5 N–H and O–H groups in total. The van der Waals surface area contributed by atoms with Crippen LogP contribution >= 0.6 is 42.5 Å². The molecule has 10 nitrogen and oxygen atoms in total. The second kappa shape index (κ2) is 15.2. The summed E-state index contributed by atoms with van der Waals surface area (Å²) in [5.74, 6) is -0.676. The molecule has 0 unspecified atom stereocenters. The molecular weight excluding hydrogens is 655 g/mol. The maximum Gasteiger partial charge on any atom is 0.335 e. The largest absolute Gasteiger partial charge is 0.335 e. The van der Waals surface area contributed by atoms with Crippen LogP contribution in [0.2, 0.25) is 5.02 Å². The Balaban J connectivity index is 1.43. The number of carbonyl (C=O) groups excluding carboxylic acids is 3. The van der Waals surface area contributed by atoms with Crippen LogP contribution in [0.3, 0.4) is 0 Å². The van der Waals surface area contributed by atoms with Crippen molar-refractivity contribution in [1.29, 1.82) is 0 Å². The number of benzene rings is 3. The first-order valence-electron chi connectivity index (χ1n) is 14.0. The summed E-state index contributed by atoms with van der Waals surface area (Å²) in [5, 5.41) is 4.57. The second-order valence-corrected chi connectivity index (χ2v) is 14.3. The van der Waals surface area contributed by atoms with Gasteiger partial charge in [0.15, 0.2) is 5.13 Å². The molecule has 0 aliphatic heterocycles. The Labute approximate surface area is 274 Å². The van der Waals surface area contributed by atoms with E-state index in [1.54, 1.807) is 92.7 Å². The van der Waals surface area contributed by atoms with Gasteiger partial charge in [0.05, 0.1) is 22.8 Å². The van der Waals surface area contributed by atoms with E-state index in [2.05, 4.69) is 20.3 Å². The van der Waals surface area contributed by atoms with E-state index in [1.807, 2.05) is 0 Å². The molecular formula is C31H32ClN4O6PS2. The average molecular weight is 687 g/mol. The lowest BCUT2D eigenvalue weighted by Crippen LogP contribution is -2.24. The highest BCUT2D eigenvalue weighted by Gasteiger charge is 2.45. The number of nitrogens with one attached hydrogen (secondary N) is 3. The number of aromatic nitrogens is 1. The van der Waals surface area contributed by atoms with Crippen molar-refractivity contribution in [3.05, 3.63) is 99.9 Å². The highest BCUT2D eigenvalue weighted by molar-refractivity contribution is 8.12. The minimum absolute atomic E-state index is 0.107. The zero-order valence-electron chi connectivity index (χ0n) is 24.5. The highest BCUT2D eigenvalue weighted by Crippen LogP contribution is 2.60. The first-order valence-corrected chi connectivity index (χ1v) is 17.6. The Morgan fingerprint density at radius 3 is 2.18 bits per heavy atom. The van der Waals surface area contributed by atoms with Crippen LogP contribution in [-0.2, 0) is 20.9 Å². The Kier molecular flexibility index (Phi) is 11.6. The van der Waals surface area contributed by atoms with Crippen LogP contribution in [-0.4, -0.2) is 31.8 Å². The molecule has 1 heterocycles. The summed E-state index contributed by atoms with van der Waals surface area (Å²) in [7, 11) is -4.42. The van der Waals surface area contributed by atoms with Gasteiger partial charge >= 0.3 is 12.8 Å². The highest BCUT2D eigenvalue weighted by atomic mass is 35.5. The molecule has 0 bridgehead atoms. The molecule has 3 aromatic carbocycles. The van der Waals surface area contributed by atoms with Crippen molar-refractivity contribution in [3.8, 4) is 11.3 Å². The predicted octanol–water partition coefficient (Wildman–Crippen LogP) is 7.84. The fraction of sp³-hybridized carbons (Fsp3) is 0.226. The molecule has 4 aromatic rings. The maximum atomic E-state index is 12.9. The van der Waals surface area contributed by atoms with Gasteiger partial charge in [0.1, 0.15) is 0 Å². The van der Waals surface area contributed by atoms with Crippen molar-refractivity contribution in [2.45, 2.75) is 44.7 Å². The molecule has 3 amide bonds. The normalized spacial score (nSPS) is 11.6. The van der Waals surface area contributed by atoms with Crippen LogP contribution < -0.4 is 15.4 Å². The molecule has 0 aliphatic rings. The molecule has 14 heteroatoms. The van der Waals surface area contributed by atoms with Gasteiger partial charge < -0.3 is 15.1 Å². The lowest BCUT2D eigenvalue weighted by molar-refractivity contribution is -0.116. The van der Waals surface area contributed by atoms with Crippen molar-refractivity contribution in [2.75, 3.05) is 10.6 Å². The van der Waals surface area contributed by atoms with Gasteiger partial charge in [-0.25, -0.2) is 4.98 Å². The number of carbonyl (C=O) groups is 3. The molecule has 0 atom stereocenters. The fourth-order valence-electron chi connectivity index (χ4n) is 4.81. The van der Waals surface area contributed by atoms with E-state index in [0.717, 1.165) is 10.4 Å². The standard InChI is InChI=1S/C31H32ClN4O6PS2/c1-3-31(4-2,43(40,41)42)22-12-16-24(17-13-22)33-26(37)19-18-25-27(20-10-14-23(32)15-11-20)34-29(44-25)35-30(39)45-36-28(38)21-8-6-5-7-9-21/h5-17H,3-4,18-19H2,1-2H3,(H,33,37)(H,36,38)(H,34,35,39)(H2,40,41,42). The minimum Gasteiger partial charge on any atom is -0.326 e. The van der Waals surface area contributed by atoms with Crippen molar-refractivity contribution in [2.24, 2.45) is 0 Å². The van der Waals surface area contributed by atoms with Crippen molar-refractivity contribution in [3.63, 3.8) is 0 Å². The lowest BCUT2D eigenvalue weighted by atomic mass is 9.92. The van der Waals surface area contributed by atoms with Gasteiger partial charge in [0.25, 0.3) is 5.91 Å². The summed E-state index contributed by atoms with van der Waals surface area (Å²) in [6.45, 7) is 3.49. The van der Waals surface area contributed by atoms with Crippen LogP contribution in [0.1, 0.15) is 53.9 Å². The zero-order valence-corrected chi connectivity index (χ0v) is 27.7. The van der Waals surface area contributed by atoms with Gasteiger partial charge in [-0.2, -0.15) is 0 Å². The Morgan fingerprint density at radius 1 is 0.933 bits per heavy atom. The summed E-state index contributed by atoms with van der Waals surface area (Å²) >= 11 is 7.89. The molecule has 0 aliphatic carbocycles. The molecule has 0 saturated heterocycles. The van der Waals surface area contributed by atoms with E-state index >= 15 is 0 Å². The lowest BCUT2D eigenvalue weighted by Gasteiger charge is -2.33. The summed E-state index contributed by atoms with van der Waals surface area (Å²) in [4.78, 5) is 63.1. The number of aryl methyl sites for hydroxylation is 1. The van der Waals surface area contributed by atoms with Crippen molar-refractivity contribution < 1.29 is 28.7 Å². The monoisotopic (exact) mass is 686 g/mol. The number of nitrogens with zero attached hydrogens (tertiary/aromatic N) is 1. The summed E-state index contributed by atoms with van der Waals surface area (Å²) in [6, 6.07) is 22.1. The van der Waals surface area contributed by atoms with Gasteiger partial charge in [-0.05, 0) is 61.2 Å². The van der Waals surface area contributed by atoms with Gasteiger partial charge in [-0.15, -0.1) is 11.3 Å². The third-order valence-corrected chi connectivity index (χ3v) is 11.2. The number of hydrogen-bond donors (Lipinski definition) is 5. The molecule has 45 heavy (non-hydrogen) atoms. The Hall–Kier alpha value is -3.51. The number of rotatable bonds is 11. The predicted molar refractivity (Wildman–Crippen MR) is 181 cm³/mol. The van der Waals surface area contributed by atoms with Crippen molar-refractivity contribution in [1.82, 2.24) is 9.71 Å². The third-order valence-electron chi connectivity index (χ3n) is 7.31. The van der Waals surface area contributed by atoms with E-state index in [9.17, 15) is 28.7 Å². The Bertz CT molecular complexity index is 1690. The fourth-order valence-corrected chi connectivity index (χ4v) is 7.74. The SMILES string of the molecule is CCC(CC)(c1ccc(NC(=O)CCc2sc(NC(=O)SNC(=O)c3ccccc3)nc2-c2ccc(Cl)cc2)cc1)P(=O)(O)O. The van der Waals surface area contributed by atoms with Crippen molar-refractivity contribution >= 4 is 70.4 Å². The van der Waals surface area contributed by atoms with Crippen LogP contribution in [0.4, 0.5) is 15.6 Å². The van der Waals surface area contributed by atoms with Gasteiger partial charge in [0, 0.05) is 33.1 Å². The number of halogens is 1. The summed E-state index contributed by atoms with van der Waals surface area (Å²) in [6.07, 6.45) is 0.970. The van der Waals surface area contributed by atoms with E-state index in [1.165, 1.54) is 11.3 Å². The first kappa shape index (κ1) is 34.4. The second-order valence-electron chi connectivity index (χ2n) is 10.0.